The number of ether oxygens (including phenoxy) is 1. The molecule has 0 atom stereocenters. The molecule has 0 saturated heterocycles. The summed E-state index contributed by atoms with van der Waals surface area (Å²) in [5.74, 6) is 0.243. The van der Waals surface area contributed by atoms with E-state index in [1.54, 1.807) is 30.1 Å². The number of carbonyl (C=O) groups is 1. The van der Waals surface area contributed by atoms with Crippen LogP contribution in [0.15, 0.2) is 24.3 Å². The number of hydrogen-bond donors (Lipinski definition) is 0. The van der Waals surface area contributed by atoms with Crippen molar-refractivity contribution in [3.05, 3.63) is 34.4 Å². The van der Waals surface area contributed by atoms with Gasteiger partial charge in [-0.2, -0.15) is 0 Å². The van der Waals surface area contributed by atoms with E-state index in [1.165, 1.54) is 6.07 Å². The van der Waals surface area contributed by atoms with Gasteiger partial charge in [-0.05, 0) is 12.5 Å². The van der Waals surface area contributed by atoms with Crippen LogP contribution in [0.25, 0.3) is 0 Å². The van der Waals surface area contributed by atoms with Crippen LogP contribution in [0, 0.1) is 10.1 Å². The average Bonchev–Trinajstić information content (AvgIpc) is 2.42. The summed E-state index contributed by atoms with van der Waals surface area (Å²) in [6.07, 6.45) is 0.612. The molecule has 0 saturated carbocycles. The fourth-order valence-corrected chi connectivity index (χ4v) is 1.87. The van der Waals surface area contributed by atoms with Gasteiger partial charge in [-0.1, -0.05) is 28.1 Å². The molecule has 1 aromatic rings. The summed E-state index contributed by atoms with van der Waals surface area (Å²) in [4.78, 5) is 23.1. The molecule has 0 aliphatic heterocycles. The number of nitrogens with zero attached hydrogens (tertiary/aromatic N) is 2. The molecule has 6 nitrogen and oxygen atoms in total. The number of alkyl halides is 1. The number of nitro benzene ring substituents is 1. The van der Waals surface area contributed by atoms with E-state index in [0.29, 0.717) is 19.6 Å². The Morgan fingerprint density at radius 2 is 2.16 bits per heavy atom. The Kier molecular flexibility index (Phi) is 6.27. The van der Waals surface area contributed by atoms with Gasteiger partial charge in [0.25, 0.3) is 0 Å². The van der Waals surface area contributed by atoms with E-state index in [1.807, 2.05) is 0 Å². The first-order valence-corrected chi connectivity index (χ1v) is 6.84. The monoisotopic (exact) mass is 330 g/mol. The molecule has 0 aromatic heterocycles. The predicted molar refractivity (Wildman–Crippen MR) is 74.6 cm³/mol. The highest BCUT2D eigenvalue weighted by Gasteiger charge is 2.13. The highest BCUT2D eigenvalue weighted by atomic mass is 79.9. The maximum Gasteiger partial charge on any atom is 0.310 e. The van der Waals surface area contributed by atoms with Crippen molar-refractivity contribution in [1.29, 1.82) is 0 Å². The van der Waals surface area contributed by atoms with Gasteiger partial charge in [0, 0.05) is 19.7 Å². The second-order valence-corrected chi connectivity index (χ2v) is 4.44. The van der Waals surface area contributed by atoms with E-state index >= 15 is 0 Å². The first kappa shape index (κ1) is 15.4. The summed E-state index contributed by atoms with van der Waals surface area (Å²) < 4.78 is 5.37. The largest absolute Gasteiger partial charge is 0.487 e. The highest BCUT2D eigenvalue weighted by Crippen LogP contribution is 2.25. The Labute approximate surface area is 119 Å². The lowest BCUT2D eigenvalue weighted by atomic mass is 10.3. The third-order valence-electron chi connectivity index (χ3n) is 2.50. The summed E-state index contributed by atoms with van der Waals surface area (Å²) in [5.41, 5.74) is -0.0487. The van der Waals surface area contributed by atoms with Crippen molar-refractivity contribution >= 4 is 27.5 Å². The van der Waals surface area contributed by atoms with Crippen molar-refractivity contribution in [2.24, 2.45) is 0 Å². The molecule has 0 spiro atoms. The van der Waals surface area contributed by atoms with Crippen LogP contribution >= 0.6 is 15.9 Å². The molecule has 19 heavy (non-hydrogen) atoms. The maximum atomic E-state index is 11.3. The summed E-state index contributed by atoms with van der Waals surface area (Å²) in [5, 5.41) is 11.0. The summed E-state index contributed by atoms with van der Waals surface area (Å²) in [6.45, 7) is 0.871. The molecule has 1 rings (SSSR count). The predicted octanol–water partition coefficient (Wildman–Crippen LogP) is 2.22. The van der Waals surface area contributed by atoms with E-state index in [-0.39, 0.29) is 22.7 Å². The summed E-state index contributed by atoms with van der Waals surface area (Å²) in [7, 11) is 1.70. The van der Waals surface area contributed by atoms with Crippen molar-refractivity contribution in [1.82, 2.24) is 4.90 Å². The Hall–Kier alpha value is -1.63. The molecular weight excluding hydrogens is 316 g/mol. The lowest BCUT2D eigenvalue weighted by Crippen LogP contribution is -2.29. The zero-order chi connectivity index (χ0) is 14.3. The fourth-order valence-electron chi connectivity index (χ4n) is 1.44. The molecule has 0 bridgehead atoms. The third kappa shape index (κ3) is 4.86. The number of halogens is 1. The lowest BCUT2D eigenvalue weighted by molar-refractivity contribution is -0.385. The van der Waals surface area contributed by atoms with Crippen LogP contribution < -0.4 is 4.74 Å². The Balaban J connectivity index is 2.42. The second-order valence-electron chi connectivity index (χ2n) is 3.88. The van der Waals surface area contributed by atoms with Crippen molar-refractivity contribution in [3.8, 4) is 5.75 Å². The smallest absolute Gasteiger partial charge is 0.310 e. The fraction of sp³-hybridized carbons (Fsp3) is 0.417. The molecule has 1 aromatic carbocycles. The van der Waals surface area contributed by atoms with E-state index in [2.05, 4.69) is 15.9 Å². The summed E-state index contributed by atoms with van der Waals surface area (Å²) in [6, 6.07) is 6.23. The van der Waals surface area contributed by atoms with Gasteiger partial charge in [0.1, 0.15) is 0 Å². The quantitative estimate of drug-likeness (QED) is 0.332. The maximum absolute atomic E-state index is 11.3. The molecule has 0 aliphatic rings. The second kappa shape index (κ2) is 7.73. The molecule has 0 unspecified atom stereocenters. The molecular formula is C12H15BrN2O4. The van der Waals surface area contributed by atoms with Gasteiger partial charge >= 0.3 is 5.69 Å². The molecule has 0 fully saturated rings. The third-order valence-corrected chi connectivity index (χ3v) is 2.98. The molecule has 7 heteroatoms. The average molecular weight is 331 g/mol. The van der Waals surface area contributed by atoms with Gasteiger partial charge < -0.3 is 9.64 Å². The Bertz CT molecular complexity index is 453. The van der Waals surface area contributed by atoms with Crippen LogP contribution in [0.2, 0.25) is 0 Å². The van der Waals surface area contributed by atoms with Gasteiger partial charge in [0.2, 0.25) is 5.91 Å². The van der Waals surface area contributed by atoms with Gasteiger partial charge in [0.05, 0.1) is 16.9 Å². The van der Waals surface area contributed by atoms with Crippen molar-refractivity contribution in [3.63, 3.8) is 0 Å². The Morgan fingerprint density at radius 1 is 1.47 bits per heavy atom. The molecule has 104 valence electrons. The van der Waals surface area contributed by atoms with Crippen molar-refractivity contribution in [2.75, 3.05) is 25.5 Å². The van der Waals surface area contributed by atoms with E-state index in [9.17, 15) is 14.9 Å². The number of benzene rings is 1. The zero-order valence-corrected chi connectivity index (χ0v) is 12.1. The number of hydrogen-bond acceptors (Lipinski definition) is 4. The van der Waals surface area contributed by atoms with E-state index < -0.39 is 4.92 Å². The van der Waals surface area contributed by atoms with Crippen LogP contribution in [0.5, 0.6) is 5.75 Å². The number of para-hydroxylation sites is 2. The first-order valence-electron chi connectivity index (χ1n) is 5.72. The highest BCUT2D eigenvalue weighted by molar-refractivity contribution is 9.09. The van der Waals surface area contributed by atoms with Crippen molar-refractivity contribution in [2.45, 2.75) is 6.42 Å². The minimum atomic E-state index is -0.476. The minimum Gasteiger partial charge on any atom is -0.487 e. The zero-order valence-electron chi connectivity index (χ0n) is 10.5. The van der Waals surface area contributed by atoms with Crippen LogP contribution in [0.3, 0.4) is 0 Å². The van der Waals surface area contributed by atoms with Gasteiger partial charge in [0.15, 0.2) is 5.75 Å². The SMILES string of the molecule is CN(CCCOc1ccccc1[N+](=O)[O-])C(=O)CBr. The lowest BCUT2D eigenvalue weighted by Gasteiger charge is -2.15. The first-order chi connectivity index (χ1) is 9.06. The minimum absolute atomic E-state index is 0.00862. The number of rotatable bonds is 7. The van der Waals surface area contributed by atoms with Gasteiger partial charge in [-0.15, -0.1) is 0 Å². The van der Waals surface area contributed by atoms with E-state index in [0.717, 1.165) is 0 Å². The molecule has 1 amide bonds. The number of nitro groups is 1. The van der Waals surface area contributed by atoms with Gasteiger partial charge in [-0.3, -0.25) is 14.9 Å². The summed E-state index contributed by atoms with van der Waals surface area (Å²) >= 11 is 3.09. The van der Waals surface area contributed by atoms with Crippen LogP contribution in [0.1, 0.15) is 6.42 Å². The Morgan fingerprint density at radius 3 is 2.79 bits per heavy atom. The van der Waals surface area contributed by atoms with Crippen LogP contribution in [-0.2, 0) is 4.79 Å². The standard InChI is InChI=1S/C12H15BrN2O4/c1-14(12(16)9-13)7-4-8-19-11-6-3-2-5-10(11)15(17)18/h2-3,5-6H,4,7-9H2,1H3. The topological polar surface area (TPSA) is 72.7 Å². The molecule has 0 radical (unpaired) electrons. The normalized spacial score (nSPS) is 10.0. The number of carbonyl (C=O) groups excluding carboxylic acids is 1. The van der Waals surface area contributed by atoms with Gasteiger partial charge in [-0.25, -0.2) is 0 Å². The van der Waals surface area contributed by atoms with Crippen molar-refractivity contribution < 1.29 is 14.5 Å². The number of amides is 1. The molecule has 0 aliphatic carbocycles. The van der Waals surface area contributed by atoms with Crippen LogP contribution in [-0.4, -0.2) is 41.3 Å². The van der Waals surface area contributed by atoms with Crippen LogP contribution in [0.4, 0.5) is 5.69 Å². The molecule has 0 N–H and O–H groups in total. The van der Waals surface area contributed by atoms with E-state index in [4.69, 9.17) is 4.74 Å². The molecule has 0 heterocycles.